The molecule has 1 heterocycles. The number of aromatic nitrogens is 1. The molecule has 1 aromatic heterocycles. The lowest BCUT2D eigenvalue weighted by atomic mass is 9.92. The van der Waals surface area contributed by atoms with E-state index < -0.39 is 44.3 Å². The van der Waals surface area contributed by atoms with Gasteiger partial charge in [-0.2, -0.15) is 0 Å². The number of benzene rings is 11. The molecular weight excluding hydrogens is 763 g/mol. The van der Waals surface area contributed by atoms with E-state index in [0.717, 1.165) is 48.2 Å². The summed E-state index contributed by atoms with van der Waals surface area (Å²) in [5.74, 6) is 0. The molecule has 12 aromatic rings. The highest BCUT2D eigenvalue weighted by Gasteiger charge is 2.42. The number of para-hydroxylation sites is 1. The minimum atomic E-state index is -3.60. The molecule has 0 aliphatic carbocycles. The number of fused-ring (bicyclic) bond motifs is 10. The van der Waals surface area contributed by atoms with Crippen LogP contribution in [0, 0.1) is 0 Å². The first kappa shape index (κ1) is 27.1. The fourth-order valence-electron chi connectivity index (χ4n) is 9.88. The quantitative estimate of drug-likeness (QED) is 0.0858. The third kappa shape index (κ3) is 5.61. The fourth-order valence-corrected chi connectivity index (χ4v) is 14.7. The summed E-state index contributed by atoms with van der Waals surface area (Å²) in [6, 6.07) is 60.2. The zero-order valence-corrected chi connectivity index (χ0v) is 34.3. The van der Waals surface area contributed by atoms with Crippen LogP contribution in [0.1, 0.15) is 13.7 Å². The van der Waals surface area contributed by atoms with Gasteiger partial charge < -0.3 is 4.57 Å². The predicted octanol–water partition coefficient (Wildman–Crippen LogP) is 13.0. The van der Waals surface area contributed by atoms with E-state index in [4.69, 9.17) is 13.7 Å². The zero-order valence-electron chi connectivity index (χ0n) is 43.3. The Balaban J connectivity index is 1.14. The van der Waals surface area contributed by atoms with Gasteiger partial charge in [-0.05, 0) is 94.2 Å². The van der Waals surface area contributed by atoms with Gasteiger partial charge in [0.1, 0.15) is 0 Å². The van der Waals surface area contributed by atoms with Crippen LogP contribution in [0.25, 0.3) is 82.1 Å². The average Bonchev–Trinajstić information content (AvgIpc) is 3.76. The summed E-state index contributed by atoms with van der Waals surface area (Å²) < 4.78 is 89.2. The van der Waals surface area contributed by atoms with Crippen molar-refractivity contribution in [1.29, 1.82) is 0 Å². The molecular formula is C60H41NSi. The summed E-state index contributed by atoms with van der Waals surface area (Å²) in [5.41, 5.74) is 4.12. The molecule has 0 spiro atoms. The van der Waals surface area contributed by atoms with Gasteiger partial charge in [-0.3, -0.25) is 0 Å². The van der Waals surface area contributed by atoms with Crippen LogP contribution in [0.15, 0.2) is 248 Å². The van der Waals surface area contributed by atoms with Gasteiger partial charge in [0.25, 0.3) is 0 Å². The second-order valence-corrected chi connectivity index (χ2v) is 19.5. The monoisotopic (exact) mass is 813 g/mol. The molecule has 0 fully saturated rings. The minimum Gasteiger partial charge on any atom is -0.309 e. The molecule has 0 N–H and O–H groups in total. The maximum Gasteiger partial charge on any atom is 0.179 e. The van der Waals surface area contributed by atoms with Gasteiger partial charge in [0, 0.05) is 21.8 Å². The Hall–Kier alpha value is -7.78. The van der Waals surface area contributed by atoms with E-state index in [0.29, 0.717) is 11.1 Å². The standard InChI is InChI=1S/C60H41NSi/c1-4-18-42(19-5-1)44-22-16-26-49(40-44)62(47-24-8-3-9-25-47,50-27-17-23-45(41-50)43-20-6-2-7-21-43)48-36-34-46(35-37-48)61-57-33-15-14-32-56(57)60-58(61)39-38-55-53-30-11-10-28-51(53)52-29-12-13-31-54(52)59(55)60/h1-41H/i1D,2D,4D,5D,6D,7D,18D,19D,20D,21D. The highest BCUT2D eigenvalue weighted by Crippen LogP contribution is 2.43. The maximum absolute atomic E-state index is 8.99. The lowest BCUT2D eigenvalue weighted by molar-refractivity contribution is 1.18. The van der Waals surface area contributed by atoms with Crippen molar-refractivity contribution in [3.63, 3.8) is 0 Å². The third-order valence-corrected chi connectivity index (χ3v) is 17.2. The van der Waals surface area contributed by atoms with Crippen LogP contribution in [0.3, 0.4) is 0 Å². The predicted molar refractivity (Wildman–Crippen MR) is 268 cm³/mol. The number of rotatable bonds is 7. The van der Waals surface area contributed by atoms with Gasteiger partial charge >= 0.3 is 0 Å². The molecule has 62 heavy (non-hydrogen) atoms. The van der Waals surface area contributed by atoms with Gasteiger partial charge in [0.05, 0.1) is 24.7 Å². The summed E-state index contributed by atoms with van der Waals surface area (Å²) in [4.78, 5) is 0. The van der Waals surface area contributed by atoms with E-state index in [1.807, 2.05) is 54.6 Å². The smallest absolute Gasteiger partial charge is 0.179 e. The van der Waals surface area contributed by atoms with Gasteiger partial charge in [-0.25, -0.2) is 0 Å². The van der Waals surface area contributed by atoms with Gasteiger partial charge in [0.15, 0.2) is 8.07 Å². The summed E-state index contributed by atoms with van der Waals surface area (Å²) in [5, 5.41) is 13.1. The molecule has 0 radical (unpaired) electrons. The van der Waals surface area contributed by atoms with Crippen LogP contribution in [-0.2, 0) is 0 Å². The van der Waals surface area contributed by atoms with E-state index in [1.165, 1.54) is 32.3 Å². The first-order valence-electron chi connectivity index (χ1n) is 25.7. The second-order valence-electron chi connectivity index (χ2n) is 15.7. The first-order valence-corrected chi connectivity index (χ1v) is 22.7. The van der Waals surface area contributed by atoms with Crippen molar-refractivity contribution in [3.05, 3.63) is 248 Å². The van der Waals surface area contributed by atoms with Crippen LogP contribution in [0.4, 0.5) is 0 Å². The molecule has 0 aliphatic rings. The molecule has 290 valence electrons. The molecule has 12 rings (SSSR count). The summed E-state index contributed by atoms with van der Waals surface area (Å²) in [6.07, 6.45) is 0. The van der Waals surface area contributed by atoms with Crippen LogP contribution >= 0.6 is 0 Å². The molecule has 0 unspecified atom stereocenters. The fraction of sp³-hybridized carbons (Fsp3) is 0. The Morgan fingerprint density at radius 1 is 0.306 bits per heavy atom. The van der Waals surface area contributed by atoms with Crippen molar-refractivity contribution in [2.24, 2.45) is 0 Å². The van der Waals surface area contributed by atoms with E-state index >= 15 is 0 Å². The van der Waals surface area contributed by atoms with Crippen LogP contribution < -0.4 is 20.7 Å². The van der Waals surface area contributed by atoms with E-state index in [2.05, 4.69) is 126 Å². The number of hydrogen-bond donors (Lipinski definition) is 0. The Morgan fingerprint density at radius 2 is 0.774 bits per heavy atom. The number of nitrogens with zero attached hydrogens (tertiary/aromatic N) is 1. The third-order valence-electron chi connectivity index (χ3n) is 12.5. The van der Waals surface area contributed by atoms with Crippen LogP contribution in [-0.4, -0.2) is 12.6 Å². The SMILES string of the molecule is [2H]c1c([2H])c([2H])c(-c2cccc([Si](c3ccccc3)(c3ccc(-n4c5ccccc5c5c6c7ccccc7c7ccccc7c6ccc54)cc3)c3cccc(-c4c([2H])c([2H])c([2H])c([2H])c4[2H])c3)c2)c([2H])c1[2H]. The Morgan fingerprint density at radius 3 is 1.37 bits per heavy atom. The Bertz CT molecular complexity index is 4020. The van der Waals surface area contributed by atoms with E-state index in [-0.39, 0.29) is 35.3 Å². The molecule has 1 nitrogen and oxygen atoms in total. The highest BCUT2D eigenvalue weighted by molar-refractivity contribution is 7.20. The van der Waals surface area contributed by atoms with Crippen molar-refractivity contribution < 1.29 is 13.7 Å². The molecule has 0 bridgehead atoms. The molecule has 0 atom stereocenters. The van der Waals surface area contributed by atoms with E-state index in [9.17, 15) is 0 Å². The molecule has 11 aromatic carbocycles. The largest absolute Gasteiger partial charge is 0.309 e. The Labute approximate surface area is 376 Å². The summed E-state index contributed by atoms with van der Waals surface area (Å²) in [6.45, 7) is 0. The molecule has 0 saturated heterocycles. The summed E-state index contributed by atoms with van der Waals surface area (Å²) >= 11 is 0. The topological polar surface area (TPSA) is 4.93 Å². The van der Waals surface area contributed by atoms with Crippen molar-refractivity contribution in [3.8, 4) is 27.9 Å². The number of hydrogen-bond acceptors (Lipinski definition) is 0. The van der Waals surface area contributed by atoms with Gasteiger partial charge in [-0.15, -0.1) is 0 Å². The first-order chi connectivity index (χ1) is 34.9. The van der Waals surface area contributed by atoms with E-state index in [1.54, 1.807) is 12.1 Å². The molecule has 2 heteroatoms. The lowest BCUT2D eigenvalue weighted by Crippen LogP contribution is -2.74. The van der Waals surface area contributed by atoms with Crippen molar-refractivity contribution in [1.82, 2.24) is 4.57 Å². The normalized spacial score (nSPS) is 14.1. The average molecular weight is 814 g/mol. The highest BCUT2D eigenvalue weighted by atomic mass is 28.3. The van der Waals surface area contributed by atoms with Gasteiger partial charge in [0.2, 0.25) is 0 Å². The summed E-state index contributed by atoms with van der Waals surface area (Å²) in [7, 11) is -3.60. The van der Waals surface area contributed by atoms with Crippen LogP contribution in [0.5, 0.6) is 0 Å². The van der Waals surface area contributed by atoms with Crippen LogP contribution in [0.2, 0.25) is 0 Å². The maximum atomic E-state index is 8.99. The zero-order chi connectivity index (χ0) is 49.7. The molecule has 0 aliphatic heterocycles. The lowest BCUT2D eigenvalue weighted by Gasteiger charge is -2.35. The van der Waals surface area contributed by atoms with Crippen molar-refractivity contribution in [2.75, 3.05) is 0 Å². The molecule has 0 saturated carbocycles. The van der Waals surface area contributed by atoms with Crippen molar-refractivity contribution in [2.45, 2.75) is 0 Å². The Kier molecular flexibility index (Phi) is 6.45. The van der Waals surface area contributed by atoms with Crippen molar-refractivity contribution >= 4 is 82.9 Å². The second kappa shape index (κ2) is 14.7. The minimum absolute atomic E-state index is 0.0849. The molecule has 0 amide bonds. The van der Waals surface area contributed by atoms with Gasteiger partial charge in [-0.1, -0.05) is 224 Å².